The lowest BCUT2D eigenvalue weighted by molar-refractivity contribution is -0.144. The van der Waals surface area contributed by atoms with E-state index >= 15 is 0 Å². The summed E-state index contributed by atoms with van der Waals surface area (Å²) in [5.74, 6) is -0.519. The second kappa shape index (κ2) is 8.20. The van der Waals surface area contributed by atoms with Crippen LogP contribution >= 0.6 is 0 Å². The highest BCUT2D eigenvalue weighted by atomic mass is 16.5. The predicted molar refractivity (Wildman–Crippen MR) is 83.1 cm³/mol. The lowest BCUT2D eigenvalue weighted by Gasteiger charge is -2.33. The molecule has 0 fully saturated rings. The van der Waals surface area contributed by atoms with E-state index in [-0.39, 0.29) is 31.0 Å². The number of nitrogens with zero attached hydrogens (tertiary/aromatic N) is 4. The molecular formula is C15H24N4O5. The third-order valence-electron chi connectivity index (χ3n) is 4.25. The number of carbonyl (C=O) groups is 2. The first-order valence-corrected chi connectivity index (χ1v) is 7.80. The van der Waals surface area contributed by atoms with Gasteiger partial charge in [0.25, 0.3) is 0 Å². The predicted octanol–water partition coefficient (Wildman–Crippen LogP) is -0.144. The van der Waals surface area contributed by atoms with Gasteiger partial charge in [0.05, 0.1) is 24.9 Å². The number of amides is 1. The largest absolute Gasteiger partial charge is 0.469 e. The van der Waals surface area contributed by atoms with Crippen molar-refractivity contribution >= 4 is 11.9 Å². The molecule has 1 amide bonds. The Morgan fingerprint density at radius 1 is 1.21 bits per heavy atom. The van der Waals surface area contributed by atoms with Gasteiger partial charge in [-0.1, -0.05) is 5.21 Å². The average molecular weight is 340 g/mol. The van der Waals surface area contributed by atoms with Gasteiger partial charge in [0.1, 0.15) is 12.2 Å². The molecule has 24 heavy (non-hydrogen) atoms. The third-order valence-corrected chi connectivity index (χ3v) is 4.25. The van der Waals surface area contributed by atoms with Gasteiger partial charge in [0, 0.05) is 47.2 Å². The molecule has 1 aliphatic heterocycles. The molecule has 1 aromatic rings. The van der Waals surface area contributed by atoms with Crippen molar-refractivity contribution in [2.24, 2.45) is 7.05 Å². The molecule has 0 aromatic carbocycles. The SMILES string of the molecule is COC(=O)CCC(=O)N1CCc2nnn(C)c2[C@H](OC)[C@@H](OC)C1. The van der Waals surface area contributed by atoms with Crippen LogP contribution < -0.4 is 0 Å². The van der Waals surface area contributed by atoms with E-state index in [1.165, 1.54) is 7.11 Å². The Labute approximate surface area is 140 Å². The van der Waals surface area contributed by atoms with Crippen molar-refractivity contribution in [1.29, 1.82) is 0 Å². The van der Waals surface area contributed by atoms with Crippen LogP contribution in [0.1, 0.15) is 30.3 Å². The molecule has 9 nitrogen and oxygen atoms in total. The fraction of sp³-hybridized carbons (Fsp3) is 0.733. The van der Waals surface area contributed by atoms with Gasteiger partial charge in [-0.25, -0.2) is 4.68 Å². The molecule has 0 bridgehead atoms. The van der Waals surface area contributed by atoms with Gasteiger partial charge in [0.2, 0.25) is 5.91 Å². The number of rotatable bonds is 5. The molecule has 1 aromatic heterocycles. The number of esters is 1. The number of carbonyl (C=O) groups excluding carboxylic acids is 2. The molecule has 0 saturated carbocycles. The van der Waals surface area contributed by atoms with Crippen molar-refractivity contribution in [3.05, 3.63) is 11.4 Å². The maximum absolute atomic E-state index is 12.4. The number of hydrogen-bond donors (Lipinski definition) is 0. The molecule has 0 spiro atoms. The first kappa shape index (κ1) is 18.3. The Morgan fingerprint density at radius 2 is 1.96 bits per heavy atom. The summed E-state index contributed by atoms with van der Waals surface area (Å²) in [4.78, 5) is 25.4. The number of ether oxygens (including phenoxy) is 3. The highest BCUT2D eigenvalue weighted by Gasteiger charge is 2.34. The van der Waals surface area contributed by atoms with Gasteiger partial charge in [-0.2, -0.15) is 0 Å². The van der Waals surface area contributed by atoms with Gasteiger partial charge in [-0.3, -0.25) is 9.59 Å². The van der Waals surface area contributed by atoms with Crippen molar-refractivity contribution in [3.8, 4) is 0 Å². The van der Waals surface area contributed by atoms with E-state index in [1.807, 2.05) is 7.05 Å². The van der Waals surface area contributed by atoms with Crippen LogP contribution in [0.15, 0.2) is 0 Å². The topological polar surface area (TPSA) is 95.8 Å². The van der Waals surface area contributed by atoms with E-state index < -0.39 is 5.97 Å². The molecule has 1 aliphatic rings. The van der Waals surface area contributed by atoms with E-state index in [2.05, 4.69) is 15.0 Å². The Balaban J connectivity index is 2.18. The van der Waals surface area contributed by atoms with Gasteiger partial charge >= 0.3 is 5.97 Å². The number of aryl methyl sites for hydroxylation is 1. The van der Waals surface area contributed by atoms with E-state index in [9.17, 15) is 9.59 Å². The summed E-state index contributed by atoms with van der Waals surface area (Å²) in [6.07, 6.45) is 0.0139. The number of aromatic nitrogens is 3. The fourth-order valence-electron chi connectivity index (χ4n) is 2.91. The maximum Gasteiger partial charge on any atom is 0.306 e. The first-order valence-electron chi connectivity index (χ1n) is 7.80. The zero-order valence-corrected chi connectivity index (χ0v) is 14.5. The molecule has 2 rings (SSSR count). The monoisotopic (exact) mass is 340 g/mol. The van der Waals surface area contributed by atoms with Crippen LogP contribution in [0.4, 0.5) is 0 Å². The molecular weight excluding hydrogens is 316 g/mol. The average Bonchev–Trinajstić information content (AvgIpc) is 2.93. The van der Waals surface area contributed by atoms with Crippen LogP contribution in [-0.4, -0.2) is 72.3 Å². The lowest BCUT2D eigenvalue weighted by Crippen LogP contribution is -2.44. The van der Waals surface area contributed by atoms with E-state index in [0.29, 0.717) is 19.5 Å². The summed E-state index contributed by atoms with van der Waals surface area (Å²) in [5, 5.41) is 8.23. The second-order valence-corrected chi connectivity index (χ2v) is 5.64. The fourth-order valence-corrected chi connectivity index (χ4v) is 2.91. The van der Waals surface area contributed by atoms with Crippen LogP contribution in [0.3, 0.4) is 0 Å². The number of methoxy groups -OCH3 is 3. The summed E-state index contributed by atoms with van der Waals surface area (Å²) >= 11 is 0. The standard InChI is InChI=1S/C15H24N4O5/c1-18-14-10(16-17-18)7-8-19(9-11(22-2)15(14)24-4)12(20)5-6-13(21)23-3/h11,15H,5-9H2,1-4H3/t11-,15+/m0/s1. The van der Waals surface area contributed by atoms with Gasteiger partial charge in [0.15, 0.2) is 0 Å². The van der Waals surface area contributed by atoms with Crippen LogP contribution in [-0.2, 0) is 37.3 Å². The molecule has 0 saturated heterocycles. The Bertz CT molecular complexity index is 588. The molecule has 0 radical (unpaired) electrons. The minimum absolute atomic E-state index is 0.0631. The summed E-state index contributed by atoms with van der Waals surface area (Å²) in [6.45, 7) is 0.863. The zero-order chi connectivity index (χ0) is 17.7. The molecule has 0 N–H and O–H groups in total. The highest BCUT2D eigenvalue weighted by molar-refractivity contribution is 5.81. The molecule has 134 valence electrons. The summed E-state index contributed by atoms with van der Waals surface area (Å²) in [7, 11) is 6.30. The van der Waals surface area contributed by atoms with Crippen LogP contribution in [0.5, 0.6) is 0 Å². The number of hydrogen-bond acceptors (Lipinski definition) is 7. The summed E-state index contributed by atoms with van der Waals surface area (Å²) in [5.41, 5.74) is 1.66. The molecule has 2 heterocycles. The van der Waals surface area contributed by atoms with Crippen molar-refractivity contribution in [2.75, 3.05) is 34.4 Å². The Morgan fingerprint density at radius 3 is 2.58 bits per heavy atom. The van der Waals surface area contributed by atoms with E-state index in [4.69, 9.17) is 9.47 Å². The highest BCUT2D eigenvalue weighted by Crippen LogP contribution is 2.27. The van der Waals surface area contributed by atoms with Crippen LogP contribution in [0.2, 0.25) is 0 Å². The minimum atomic E-state index is -0.398. The lowest BCUT2D eigenvalue weighted by atomic mass is 10.0. The second-order valence-electron chi connectivity index (χ2n) is 5.64. The quantitative estimate of drug-likeness (QED) is 0.688. The smallest absolute Gasteiger partial charge is 0.306 e. The third kappa shape index (κ3) is 3.90. The molecule has 2 atom stereocenters. The minimum Gasteiger partial charge on any atom is -0.469 e. The summed E-state index contributed by atoms with van der Waals surface area (Å²) in [6, 6.07) is 0. The van der Waals surface area contributed by atoms with Gasteiger partial charge in [-0.05, 0) is 0 Å². The van der Waals surface area contributed by atoms with Gasteiger partial charge < -0.3 is 19.1 Å². The Kier molecular flexibility index (Phi) is 6.27. The van der Waals surface area contributed by atoms with Crippen molar-refractivity contribution < 1.29 is 23.8 Å². The molecule has 0 unspecified atom stereocenters. The van der Waals surface area contributed by atoms with Crippen LogP contribution in [0.25, 0.3) is 0 Å². The summed E-state index contributed by atoms with van der Waals surface area (Å²) < 4.78 is 17.4. The maximum atomic E-state index is 12.4. The van der Waals surface area contributed by atoms with E-state index in [0.717, 1.165) is 11.4 Å². The number of fused-ring (bicyclic) bond motifs is 1. The zero-order valence-electron chi connectivity index (χ0n) is 14.5. The first-order chi connectivity index (χ1) is 11.5. The normalized spacial score (nSPS) is 20.9. The Hall–Kier alpha value is -2.00. The van der Waals surface area contributed by atoms with Crippen molar-refractivity contribution in [2.45, 2.75) is 31.5 Å². The van der Waals surface area contributed by atoms with Crippen molar-refractivity contribution in [1.82, 2.24) is 19.9 Å². The van der Waals surface area contributed by atoms with Gasteiger partial charge in [-0.15, -0.1) is 5.10 Å². The molecule has 0 aliphatic carbocycles. The van der Waals surface area contributed by atoms with E-state index in [1.54, 1.807) is 23.8 Å². The van der Waals surface area contributed by atoms with Crippen molar-refractivity contribution in [3.63, 3.8) is 0 Å². The molecule has 9 heteroatoms. The van der Waals surface area contributed by atoms with Crippen LogP contribution in [0, 0.1) is 0 Å².